The van der Waals surface area contributed by atoms with E-state index in [9.17, 15) is 14.9 Å². The van der Waals surface area contributed by atoms with Gasteiger partial charge in [-0.1, -0.05) is 23.8 Å². The van der Waals surface area contributed by atoms with Crippen LogP contribution in [0.2, 0.25) is 5.02 Å². The van der Waals surface area contributed by atoms with Crippen LogP contribution < -0.4 is 4.90 Å². The molecule has 1 aromatic rings. The van der Waals surface area contributed by atoms with E-state index in [2.05, 4.69) is 12.2 Å². The lowest BCUT2D eigenvalue weighted by molar-refractivity contribution is -0.384. The molecule has 7 heteroatoms. The molecule has 0 unspecified atom stereocenters. The van der Waals surface area contributed by atoms with Gasteiger partial charge in [0.2, 0.25) is 5.91 Å². The first-order valence-corrected chi connectivity index (χ1v) is 9.06. The van der Waals surface area contributed by atoms with Gasteiger partial charge in [-0.15, -0.1) is 0 Å². The van der Waals surface area contributed by atoms with Crippen LogP contribution in [0.5, 0.6) is 0 Å². The number of carbonyl (C=O) groups is 1. The third-order valence-corrected chi connectivity index (χ3v) is 5.90. The molecule has 2 fully saturated rings. The summed E-state index contributed by atoms with van der Waals surface area (Å²) in [4.78, 5) is 27.6. The van der Waals surface area contributed by atoms with Gasteiger partial charge in [0.15, 0.2) is 0 Å². The molecule has 0 spiro atoms. The van der Waals surface area contributed by atoms with Crippen LogP contribution in [0.1, 0.15) is 12.8 Å². The third kappa shape index (κ3) is 2.99. The highest BCUT2D eigenvalue weighted by Crippen LogP contribution is 2.44. The normalized spacial score (nSPS) is 27.8. The molecule has 1 saturated carbocycles. The Morgan fingerprint density at radius 1 is 1.16 bits per heavy atom. The molecular formula is C18H20ClN3O3. The molecule has 6 nitrogen and oxygen atoms in total. The first-order chi connectivity index (χ1) is 12.0. The summed E-state index contributed by atoms with van der Waals surface area (Å²) in [6, 6.07) is 4.75. The van der Waals surface area contributed by atoms with E-state index in [1.807, 2.05) is 9.80 Å². The summed E-state index contributed by atoms with van der Waals surface area (Å²) in [7, 11) is 0. The molecule has 1 aromatic carbocycles. The van der Waals surface area contributed by atoms with Crippen molar-refractivity contribution < 1.29 is 9.72 Å². The quantitative estimate of drug-likeness (QED) is 0.471. The summed E-state index contributed by atoms with van der Waals surface area (Å²) >= 11 is 5.89. The molecular weight excluding hydrogens is 342 g/mol. The lowest BCUT2D eigenvalue weighted by Gasteiger charge is -2.37. The lowest BCUT2D eigenvalue weighted by Crippen LogP contribution is -2.51. The zero-order valence-corrected chi connectivity index (χ0v) is 14.6. The van der Waals surface area contributed by atoms with Crippen molar-refractivity contribution >= 4 is 28.9 Å². The minimum Gasteiger partial charge on any atom is -0.362 e. The summed E-state index contributed by atoms with van der Waals surface area (Å²) in [6.07, 6.45) is 6.53. The van der Waals surface area contributed by atoms with Crippen LogP contribution >= 0.6 is 11.6 Å². The van der Waals surface area contributed by atoms with Gasteiger partial charge in [-0.2, -0.15) is 0 Å². The number of anilines is 1. The predicted molar refractivity (Wildman–Crippen MR) is 95.7 cm³/mol. The number of halogens is 1. The van der Waals surface area contributed by atoms with Crippen molar-refractivity contribution in [1.29, 1.82) is 0 Å². The van der Waals surface area contributed by atoms with Gasteiger partial charge in [-0.3, -0.25) is 14.9 Å². The summed E-state index contributed by atoms with van der Waals surface area (Å²) < 4.78 is 0. The molecule has 3 aliphatic rings. The van der Waals surface area contributed by atoms with Crippen LogP contribution in [0.15, 0.2) is 30.4 Å². The molecule has 3 atom stereocenters. The van der Waals surface area contributed by atoms with E-state index >= 15 is 0 Å². The Hall–Kier alpha value is -2.08. The SMILES string of the molecule is O=C([C@H]1C[C@@H]2C=C[C@H]1C2)N1CCN(c2ccc(Cl)cc2[N+](=O)[O-])CC1. The second kappa shape index (κ2) is 6.33. The maximum Gasteiger partial charge on any atom is 0.294 e. The summed E-state index contributed by atoms with van der Waals surface area (Å²) in [6.45, 7) is 2.42. The van der Waals surface area contributed by atoms with E-state index < -0.39 is 4.92 Å². The predicted octanol–water partition coefficient (Wildman–Crippen LogP) is 3.11. The summed E-state index contributed by atoms with van der Waals surface area (Å²) in [5.74, 6) is 1.37. The molecule has 2 aliphatic carbocycles. The second-order valence-corrected chi connectivity index (χ2v) is 7.53. The van der Waals surface area contributed by atoms with E-state index in [1.165, 1.54) is 6.07 Å². The van der Waals surface area contributed by atoms with Gasteiger partial charge in [-0.25, -0.2) is 0 Å². The number of rotatable bonds is 3. The minimum absolute atomic E-state index is 0.0190. The Kier molecular flexibility index (Phi) is 4.15. The van der Waals surface area contributed by atoms with Crippen molar-refractivity contribution in [2.45, 2.75) is 12.8 Å². The minimum atomic E-state index is -0.402. The number of carbonyl (C=O) groups excluding carboxylic acids is 1. The number of nitro benzene ring substituents is 1. The maximum absolute atomic E-state index is 12.8. The Labute approximate surface area is 151 Å². The van der Waals surface area contributed by atoms with Crippen LogP contribution in [0, 0.1) is 27.9 Å². The maximum atomic E-state index is 12.8. The third-order valence-electron chi connectivity index (χ3n) is 5.66. The fourth-order valence-electron chi connectivity index (χ4n) is 4.38. The topological polar surface area (TPSA) is 66.7 Å². The van der Waals surface area contributed by atoms with Crippen LogP contribution in [0.4, 0.5) is 11.4 Å². The lowest BCUT2D eigenvalue weighted by atomic mass is 9.92. The summed E-state index contributed by atoms with van der Waals surface area (Å²) in [5, 5.41) is 11.6. The molecule has 25 heavy (non-hydrogen) atoms. The first-order valence-electron chi connectivity index (χ1n) is 8.69. The van der Waals surface area contributed by atoms with Gasteiger partial charge < -0.3 is 9.80 Å². The average molecular weight is 362 g/mol. The van der Waals surface area contributed by atoms with Crippen LogP contribution in [0.25, 0.3) is 0 Å². The number of benzene rings is 1. The zero-order chi connectivity index (χ0) is 17.6. The van der Waals surface area contributed by atoms with Gasteiger partial charge in [0.25, 0.3) is 5.69 Å². The first kappa shape index (κ1) is 16.4. The van der Waals surface area contributed by atoms with Crippen LogP contribution in [-0.4, -0.2) is 41.9 Å². The van der Waals surface area contributed by atoms with E-state index in [1.54, 1.807) is 12.1 Å². The summed E-state index contributed by atoms with van der Waals surface area (Å²) in [5.41, 5.74) is 0.592. The van der Waals surface area contributed by atoms with Gasteiger partial charge in [-0.05, 0) is 36.8 Å². The largest absolute Gasteiger partial charge is 0.362 e. The molecule has 0 aromatic heterocycles. The van der Waals surface area contributed by atoms with Crippen LogP contribution in [-0.2, 0) is 4.79 Å². The number of piperazine rings is 1. The number of amides is 1. The molecule has 1 amide bonds. The fraction of sp³-hybridized carbons (Fsp3) is 0.500. The fourth-order valence-corrected chi connectivity index (χ4v) is 4.54. The van der Waals surface area contributed by atoms with Gasteiger partial charge in [0.1, 0.15) is 5.69 Å². The highest BCUT2D eigenvalue weighted by Gasteiger charge is 2.42. The molecule has 4 rings (SSSR count). The number of hydrogen-bond donors (Lipinski definition) is 0. The van der Waals surface area contributed by atoms with Crippen molar-refractivity contribution in [3.63, 3.8) is 0 Å². The van der Waals surface area contributed by atoms with Crippen molar-refractivity contribution in [2.75, 3.05) is 31.1 Å². The zero-order valence-electron chi connectivity index (χ0n) is 13.8. The molecule has 0 N–H and O–H groups in total. The Bertz CT molecular complexity index is 743. The standard InChI is InChI=1S/C18H20ClN3O3/c19-14-3-4-16(17(11-14)22(24)25)20-5-7-21(8-6-20)18(23)15-10-12-1-2-13(15)9-12/h1-4,11-13,15H,5-10H2/t12-,13+,15+/m1/s1. The van der Waals surface area contributed by atoms with Gasteiger partial charge in [0.05, 0.1) is 4.92 Å². The van der Waals surface area contributed by atoms with E-state index in [-0.39, 0.29) is 17.5 Å². The highest BCUT2D eigenvalue weighted by atomic mass is 35.5. The monoisotopic (exact) mass is 361 g/mol. The smallest absolute Gasteiger partial charge is 0.294 e. The van der Waals surface area contributed by atoms with E-state index in [0.717, 1.165) is 12.8 Å². The van der Waals surface area contributed by atoms with Gasteiger partial charge >= 0.3 is 0 Å². The second-order valence-electron chi connectivity index (χ2n) is 7.09. The van der Waals surface area contributed by atoms with E-state index in [4.69, 9.17) is 11.6 Å². The van der Waals surface area contributed by atoms with Crippen molar-refractivity contribution in [2.24, 2.45) is 17.8 Å². The number of hydrogen-bond acceptors (Lipinski definition) is 4. The van der Waals surface area contributed by atoms with Crippen molar-refractivity contribution in [3.05, 3.63) is 45.5 Å². The average Bonchev–Trinajstić information content (AvgIpc) is 3.24. The van der Waals surface area contributed by atoms with E-state index in [0.29, 0.717) is 48.7 Å². The molecule has 0 radical (unpaired) electrons. The number of allylic oxidation sites excluding steroid dienone is 2. The molecule has 1 saturated heterocycles. The highest BCUT2D eigenvalue weighted by molar-refractivity contribution is 6.30. The van der Waals surface area contributed by atoms with Crippen molar-refractivity contribution in [3.8, 4) is 0 Å². The molecule has 132 valence electrons. The number of nitrogens with zero attached hydrogens (tertiary/aromatic N) is 3. The molecule has 2 bridgehead atoms. The Morgan fingerprint density at radius 3 is 2.52 bits per heavy atom. The molecule has 1 heterocycles. The number of nitro groups is 1. The number of fused-ring (bicyclic) bond motifs is 2. The Morgan fingerprint density at radius 2 is 1.92 bits per heavy atom. The molecule has 1 aliphatic heterocycles. The van der Waals surface area contributed by atoms with Crippen molar-refractivity contribution in [1.82, 2.24) is 4.90 Å². The van der Waals surface area contributed by atoms with Gasteiger partial charge in [0, 0.05) is 43.2 Å². The van der Waals surface area contributed by atoms with Crippen LogP contribution in [0.3, 0.4) is 0 Å². The Balaban J connectivity index is 1.43.